The summed E-state index contributed by atoms with van der Waals surface area (Å²) in [5.41, 5.74) is -0.248. The minimum absolute atomic E-state index is 0.0997. The lowest BCUT2D eigenvalue weighted by Gasteiger charge is -2.27. The molecule has 1 atom stereocenters. The van der Waals surface area contributed by atoms with Crippen LogP contribution >= 0.6 is 0 Å². The van der Waals surface area contributed by atoms with E-state index in [9.17, 15) is 19.1 Å². The molecule has 6 heteroatoms. The molecule has 1 unspecified atom stereocenters. The van der Waals surface area contributed by atoms with Crippen molar-refractivity contribution < 1.29 is 19.1 Å². The number of benzene rings is 1. The SMILES string of the molecule is O=C1NC(C2CC2)(C2CC2)C(=O)N1CC(O)c1ccc(F)cc1. The van der Waals surface area contributed by atoms with Gasteiger partial charge >= 0.3 is 6.03 Å². The average molecular weight is 318 g/mol. The van der Waals surface area contributed by atoms with Crippen LogP contribution in [0.15, 0.2) is 24.3 Å². The van der Waals surface area contributed by atoms with Crippen LogP contribution in [0.2, 0.25) is 0 Å². The fourth-order valence-corrected chi connectivity index (χ4v) is 3.71. The van der Waals surface area contributed by atoms with E-state index < -0.39 is 23.5 Å². The number of aliphatic hydroxyl groups excluding tert-OH is 1. The Bertz CT molecular complexity index is 640. The van der Waals surface area contributed by atoms with Gasteiger partial charge in [0.1, 0.15) is 11.4 Å². The first-order valence-corrected chi connectivity index (χ1v) is 8.10. The van der Waals surface area contributed by atoms with E-state index in [0.29, 0.717) is 5.56 Å². The number of β-amino-alcohol motifs (C(OH)–C–C–N with tert-alkyl or cyclic N) is 1. The molecule has 1 saturated heterocycles. The molecule has 3 aliphatic rings. The molecule has 0 spiro atoms. The zero-order chi connectivity index (χ0) is 16.2. The molecular formula is C17H19FN2O3. The second-order valence-corrected chi connectivity index (χ2v) is 6.83. The van der Waals surface area contributed by atoms with Gasteiger partial charge in [0, 0.05) is 0 Å². The van der Waals surface area contributed by atoms with E-state index in [1.54, 1.807) is 0 Å². The van der Waals surface area contributed by atoms with E-state index in [1.807, 2.05) is 0 Å². The van der Waals surface area contributed by atoms with Gasteiger partial charge < -0.3 is 10.4 Å². The van der Waals surface area contributed by atoms with Gasteiger partial charge in [-0.2, -0.15) is 0 Å². The molecule has 2 saturated carbocycles. The Balaban J connectivity index is 1.53. The molecule has 5 nitrogen and oxygen atoms in total. The standard InChI is InChI=1S/C17H19FN2O3/c18-13-7-1-10(2-8-13)14(21)9-20-15(22)17(11-3-4-11,12-5-6-12)19-16(20)23/h1-2,7-8,11-12,14,21H,3-6,9H2,(H,19,23). The fourth-order valence-electron chi connectivity index (χ4n) is 3.71. The van der Waals surface area contributed by atoms with Crippen LogP contribution in [-0.2, 0) is 4.79 Å². The second-order valence-electron chi connectivity index (χ2n) is 6.83. The number of nitrogens with zero attached hydrogens (tertiary/aromatic N) is 1. The third-order valence-electron chi connectivity index (χ3n) is 5.21. The maximum Gasteiger partial charge on any atom is 0.325 e. The summed E-state index contributed by atoms with van der Waals surface area (Å²) in [6.45, 7) is -0.0997. The molecule has 3 amide bonds. The van der Waals surface area contributed by atoms with Gasteiger partial charge in [0.2, 0.25) is 0 Å². The predicted molar refractivity (Wildman–Crippen MR) is 79.8 cm³/mol. The van der Waals surface area contributed by atoms with Crippen molar-refractivity contribution in [1.29, 1.82) is 0 Å². The molecule has 23 heavy (non-hydrogen) atoms. The van der Waals surface area contributed by atoms with E-state index >= 15 is 0 Å². The van der Waals surface area contributed by atoms with Gasteiger partial charge in [-0.1, -0.05) is 12.1 Å². The van der Waals surface area contributed by atoms with Gasteiger partial charge in [-0.15, -0.1) is 0 Å². The molecule has 122 valence electrons. The normalized spacial score (nSPS) is 24.7. The smallest absolute Gasteiger partial charge is 0.325 e. The van der Waals surface area contributed by atoms with E-state index in [1.165, 1.54) is 24.3 Å². The number of imide groups is 1. The average Bonchev–Trinajstić information content (AvgIpc) is 3.42. The van der Waals surface area contributed by atoms with Crippen LogP contribution in [0.5, 0.6) is 0 Å². The molecule has 2 aliphatic carbocycles. The highest BCUT2D eigenvalue weighted by Gasteiger charge is 2.65. The first-order valence-electron chi connectivity index (χ1n) is 8.10. The quantitative estimate of drug-likeness (QED) is 0.816. The lowest BCUT2D eigenvalue weighted by atomic mass is 9.87. The number of rotatable bonds is 5. The third-order valence-corrected chi connectivity index (χ3v) is 5.21. The molecule has 2 N–H and O–H groups in total. The van der Waals surface area contributed by atoms with Crippen molar-refractivity contribution in [3.8, 4) is 0 Å². The molecular weight excluding hydrogens is 299 g/mol. The minimum atomic E-state index is -1.01. The Labute approximate surface area is 133 Å². The zero-order valence-electron chi connectivity index (χ0n) is 12.7. The van der Waals surface area contributed by atoms with Crippen LogP contribution in [-0.4, -0.2) is 34.0 Å². The summed E-state index contributed by atoms with van der Waals surface area (Å²) in [5.74, 6) is -0.120. The number of carbonyl (C=O) groups excluding carboxylic acids is 2. The number of hydrogen-bond acceptors (Lipinski definition) is 3. The van der Waals surface area contributed by atoms with E-state index in [0.717, 1.165) is 30.6 Å². The van der Waals surface area contributed by atoms with Gasteiger partial charge in [-0.3, -0.25) is 9.69 Å². The van der Waals surface area contributed by atoms with Gasteiger partial charge in [0.15, 0.2) is 0 Å². The van der Waals surface area contributed by atoms with Gasteiger partial charge in [-0.05, 0) is 55.2 Å². The van der Waals surface area contributed by atoms with Crippen molar-refractivity contribution >= 4 is 11.9 Å². The van der Waals surface area contributed by atoms with Crippen molar-refractivity contribution in [2.75, 3.05) is 6.54 Å². The van der Waals surface area contributed by atoms with Crippen molar-refractivity contribution in [2.24, 2.45) is 11.8 Å². The molecule has 0 aromatic heterocycles. The lowest BCUT2D eigenvalue weighted by Crippen LogP contribution is -2.51. The summed E-state index contributed by atoms with van der Waals surface area (Å²) in [4.78, 5) is 26.3. The number of urea groups is 1. The number of nitrogens with one attached hydrogen (secondary N) is 1. The Morgan fingerprint density at radius 3 is 2.26 bits per heavy atom. The fraction of sp³-hybridized carbons (Fsp3) is 0.529. The Hall–Kier alpha value is -1.95. The van der Waals surface area contributed by atoms with Gasteiger partial charge in [0.05, 0.1) is 12.6 Å². The summed E-state index contributed by atoms with van der Waals surface area (Å²) in [6.07, 6.45) is 2.86. The van der Waals surface area contributed by atoms with Crippen LogP contribution in [0.1, 0.15) is 37.4 Å². The highest BCUT2D eigenvalue weighted by Crippen LogP contribution is 2.54. The number of amides is 3. The van der Waals surface area contributed by atoms with Gasteiger partial charge in [-0.25, -0.2) is 9.18 Å². The highest BCUT2D eigenvalue weighted by molar-refractivity contribution is 6.08. The topological polar surface area (TPSA) is 69.6 Å². The molecule has 4 rings (SSSR count). The minimum Gasteiger partial charge on any atom is -0.387 e. The summed E-state index contributed by atoms with van der Waals surface area (Å²) in [5, 5.41) is 13.2. The first-order chi connectivity index (χ1) is 11.0. The molecule has 1 heterocycles. The Kier molecular flexibility index (Phi) is 3.20. The van der Waals surface area contributed by atoms with Crippen LogP contribution in [0.3, 0.4) is 0 Å². The second kappa shape index (κ2) is 5.03. The number of aliphatic hydroxyl groups is 1. The Morgan fingerprint density at radius 2 is 1.74 bits per heavy atom. The lowest BCUT2D eigenvalue weighted by molar-refractivity contribution is -0.133. The molecule has 3 fully saturated rings. The maximum absolute atomic E-state index is 13.0. The number of halogens is 1. The maximum atomic E-state index is 13.0. The van der Waals surface area contributed by atoms with Crippen molar-refractivity contribution in [3.63, 3.8) is 0 Å². The van der Waals surface area contributed by atoms with Crippen molar-refractivity contribution in [3.05, 3.63) is 35.6 Å². The molecule has 0 bridgehead atoms. The van der Waals surface area contributed by atoms with Crippen LogP contribution < -0.4 is 5.32 Å². The van der Waals surface area contributed by atoms with Crippen molar-refractivity contribution in [1.82, 2.24) is 10.2 Å². The number of carbonyl (C=O) groups is 2. The van der Waals surface area contributed by atoms with Gasteiger partial charge in [0.25, 0.3) is 5.91 Å². The first kappa shape index (κ1) is 14.6. The monoisotopic (exact) mass is 318 g/mol. The number of hydrogen-bond donors (Lipinski definition) is 2. The molecule has 1 aliphatic heterocycles. The summed E-state index contributed by atoms with van der Waals surface area (Å²) >= 11 is 0. The molecule has 1 aromatic carbocycles. The van der Waals surface area contributed by atoms with Crippen LogP contribution in [0, 0.1) is 17.7 Å². The van der Waals surface area contributed by atoms with Crippen molar-refractivity contribution in [2.45, 2.75) is 37.3 Å². The van der Waals surface area contributed by atoms with Crippen LogP contribution in [0.4, 0.5) is 9.18 Å². The predicted octanol–water partition coefficient (Wildman–Crippen LogP) is 1.97. The summed E-state index contributed by atoms with van der Waals surface area (Å²) in [7, 11) is 0. The zero-order valence-corrected chi connectivity index (χ0v) is 12.7. The summed E-state index contributed by atoms with van der Waals surface area (Å²) < 4.78 is 13.0. The van der Waals surface area contributed by atoms with Crippen LogP contribution in [0.25, 0.3) is 0 Å². The largest absolute Gasteiger partial charge is 0.387 e. The summed E-state index contributed by atoms with van der Waals surface area (Å²) in [6, 6.07) is 5.02. The van der Waals surface area contributed by atoms with E-state index in [4.69, 9.17) is 0 Å². The van der Waals surface area contributed by atoms with E-state index in [-0.39, 0.29) is 24.3 Å². The third kappa shape index (κ3) is 2.32. The molecule has 1 aromatic rings. The molecule has 0 radical (unpaired) electrons. The highest BCUT2D eigenvalue weighted by atomic mass is 19.1. The van der Waals surface area contributed by atoms with E-state index in [2.05, 4.69) is 5.32 Å². The Morgan fingerprint density at radius 1 is 1.17 bits per heavy atom.